The van der Waals surface area contributed by atoms with Crippen LogP contribution in [0, 0.1) is 0 Å². The molecule has 0 amide bonds. The van der Waals surface area contributed by atoms with E-state index in [2.05, 4.69) is 11.6 Å². The maximum Gasteiger partial charge on any atom is 0.338 e. The topological polar surface area (TPSA) is 109 Å². The number of thiazole rings is 1. The van der Waals surface area contributed by atoms with E-state index in [0.717, 1.165) is 5.56 Å². The first-order valence-electron chi connectivity index (χ1n) is 13.4. The number of allylic oxidation sites excluding steroid dienone is 1. The molecule has 10 heteroatoms. The van der Waals surface area contributed by atoms with E-state index >= 15 is 0 Å². The number of phenols is 1. The zero-order valence-electron chi connectivity index (χ0n) is 23.9. The van der Waals surface area contributed by atoms with Crippen LogP contribution in [0.3, 0.4) is 0 Å². The lowest BCUT2D eigenvalue weighted by atomic mass is 9.95. The molecule has 9 nitrogen and oxygen atoms in total. The highest BCUT2D eigenvalue weighted by molar-refractivity contribution is 7.07. The van der Waals surface area contributed by atoms with E-state index < -0.39 is 12.0 Å². The molecule has 0 aliphatic carbocycles. The van der Waals surface area contributed by atoms with Gasteiger partial charge in [0.15, 0.2) is 27.8 Å². The molecule has 1 aliphatic heterocycles. The lowest BCUT2D eigenvalue weighted by Crippen LogP contribution is -2.40. The van der Waals surface area contributed by atoms with Crippen molar-refractivity contribution >= 4 is 23.4 Å². The quantitative estimate of drug-likeness (QED) is 0.215. The maximum absolute atomic E-state index is 13.9. The van der Waals surface area contributed by atoms with Crippen molar-refractivity contribution in [2.24, 2.45) is 4.99 Å². The Morgan fingerprint density at radius 2 is 1.81 bits per heavy atom. The van der Waals surface area contributed by atoms with Crippen LogP contribution in [0.2, 0.25) is 0 Å². The molecule has 43 heavy (non-hydrogen) atoms. The average molecular weight is 599 g/mol. The predicted molar refractivity (Wildman–Crippen MR) is 163 cm³/mol. The van der Waals surface area contributed by atoms with Crippen molar-refractivity contribution in [3.05, 3.63) is 127 Å². The molecule has 2 heterocycles. The van der Waals surface area contributed by atoms with E-state index in [1.165, 1.54) is 42.3 Å². The minimum atomic E-state index is -0.845. The Kier molecular flexibility index (Phi) is 8.77. The SMILES string of the molecule is C=CCOC(=O)C1=C(C)N=c2sc(=Cc3ccc(O)c(OC)c3)c(=O)n2C1c1ccc(OCc2ccccc2)c(OC)c1. The summed E-state index contributed by atoms with van der Waals surface area (Å²) in [6.07, 6.45) is 3.17. The maximum atomic E-state index is 13.9. The molecule has 1 aromatic heterocycles. The molecule has 4 aromatic rings. The van der Waals surface area contributed by atoms with E-state index in [0.29, 0.717) is 44.3 Å². The standard InChI is InChI=1S/C33H30N2O7S/c1-5-15-41-32(38)29-20(2)34-33-35(31(37)28(43-33)17-22-11-13-24(36)26(16-22)39-3)30(29)23-12-14-25(27(18-23)40-4)42-19-21-9-7-6-8-10-21/h5-14,16-18,30,36H,1,15,19H2,2-4H3. The van der Waals surface area contributed by atoms with Crippen LogP contribution in [-0.2, 0) is 16.1 Å². The number of carbonyl (C=O) groups excluding carboxylic acids is 1. The third-order valence-corrected chi connectivity index (χ3v) is 7.80. The highest BCUT2D eigenvalue weighted by atomic mass is 32.1. The summed E-state index contributed by atoms with van der Waals surface area (Å²) in [5.74, 6) is 0.626. The Bertz CT molecular complexity index is 1890. The first-order chi connectivity index (χ1) is 20.8. The van der Waals surface area contributed by atoms with Crippen molar-refractivity contribution in [3.8, 4) is 23.0 Å². The van der Waals surface area contributed by atoms with Gasteiger partial charge in [0.2, 0.25) is 0 Å². The molecular formula is C33H30N2O7S. The van der Waals surface area contributed by atoms with Gasteiger partial charge < -0.3 is 24.1 Å². The first kappa shape index (κ1) is 29.4. The second-order valence-corrected chi connectivity index (χ2v) is 10.6. The van der Waals surface area contributed by atoms with Gasteiger partial charge in [-0.1, -0.05) is 66.5 Å². The van der Waals surface area contributed by atoms with Gasteiger partial charge in [0.25, 0.3) is 5.56 Å². The summed E-state index contributed by atoms with van der Waals surface area (Å²) in [4.78, 5) is 32.3. The number of esters is 1. The number of nitrogens with zero attached hydrogens (tertiary/aromatic N) is 2. The molecule has 3 aromatic carbocycles. The second kappa shape index (κ2) is 12.8. The highest BCUT2D eigenvalue weighted by Crippen LogP contribution is 2.36. The van der Waals surface area contributed by atoms with Gasteiger partial charge in [-0.15, -0.1) is 0 Å². The van der Waals surface area contributed by atoms with Crippen LogP contribution in [0.5, 0.6) is 23.0 Å². The molecule has 0 saturated carbocycles. The summed E-state index contributed by atoms with van der Waals surface area (Å²) in [6.45, 7) is 5.69. The van der Waals surface area contributed by atoms with Crippen molar-refractivity contribution in [3.63, 3.8) is 0 Å². The van der Waals surface area contributed by atoms with Crippen molar-refractivity contribution in [1.82, 2.24) is 4.57 Å². The molecule has 1 aliphatic rings. The van der Waals surface area contributed by atoms with Gasteiger partial charge in [-0.05, 0) is 54.0 Å². The largest absolute Gasteiger partial charge is 0.504 e. The summed E-state index contributed by atoms with van der Waals surface area (Å²) in [7, 11) is 2.99. The number of fused-ring (bicyclic) bond motifs is 1. The van der Waals surface area contributed by atoms with Gasteiger partial charge >= 0.3 is 5.97 Å². The van der Waals surface area contributed by atoms with Gasteiger partial charge in [0.05, 0.1) is 36.1 Å². The van der Waals surface area contributed by atoms with Crippen molar-refractivity contribution < 1.29 is 28.8 Å². The van der Waals surface area contributed by atoms with Gasteiger partial charge in [-0.3, -0.25) is 9.36 Å². The molecule has 1 unspecified atom stereocenters. The van der Waals surface area contributed by atoms with Crippen LogP contribution in [-0.4, -0.2) is 36.5 Å². The third-order valence-electron chi connectivity index (χ3n) is 6.82. The molecule has 0 spiro atoms. The van der Waals surface area contributed by atoms with Gasteiger partial charge in [-0.25, -0.2) is 9.79 Å². The molecule has 220 valence electrons. The minimum Gasteiger partial charge on any atom is -0.504 e. The van der Waals surface area contributed by atoms with Gasteiger partial charge in [0.1, 0.15) is 13.2 Å². The zero-order valence-corrected chi connectivity index (χ0v) is 24.7. The monoisotopic (exact) mass is 598 g/mol. The third kappa shape index (κ3) is 6.09. The molecule has 1 atom stereocenters. The van der Waals surface area contributed by atoms with E-state index in [1.807, 2.05) is 30.3 Å². The van der Waals surface area contributed by atoms with Crippen LogP contribution in [0.4, 0.5) is 0 Å². The van der Waals surface area contributed by atoms with Crippen molar-refractivity contribution in [1.29, 1.82) is 0 Å². The van der Waals surface area contributed by atoms with Crippen LogP contribution in [0.1, 0.15) is 29.7 Å². The van der Waals surface area contributed by atoms with E-state index in [9.17, 15) is 14.7 Å². The zero-order chi connectivity index (χ0) is 30.5. The second-order valence-electron chi connectivity index (χ2n) is 9.58. The molecule has 5 rings (SSSR count). The molecule has 0 bridgehead atoms. The summed E-state index contributed by atoms with van der Waals surface area (Å²) in [5.41, 5.74) is 2.58. The van der Waals surface area contributed by atoms with Crippen molar-refractivity contribution in [2.75, 3.05) is 20.8 Å². The number of rotatable bonds is 10. The molecule has 0 saturated heterocycles. The number of methoxy groups -OCH3 is 2. The number of phenolic OH excluding ortho intramolecular Hbond substituents is 1. The van der Waals surface area contributed by atoms with Crippen LogP contribution in [0.25, 0.3) is 6.08 Å². The Morgan fingerprint density at radius 3 is 2.53 bits per heavy atom. The Hall–Kier alpha value is -5.09. The fourth-order valence-electron chi connectivity index (χ4n) is 4.75. The van der Waals surface area contributed by atoms with Crippen LogP contribution in [0.15, 0.2) is 100 Å². The van der Waals surface area contributed by atoms with E-state index in [1.54, 1.807) is 43.3 Å². The number of carbonyl (C=O) groups is 1. The molecule has 0 radical (unpaired) electrons. The Labute approximate surface area is 251 Å². The lowest BCUT2D eigenvalue weighted by Gasteiger charge is -2.25. The number of aromatic hydroxyl groups is 1. The Morgan fingerprint density at radius 1 is 1.05 bits per heavy atom. The molecule has 0 fully saturated rings. The predicted octanol–water partition coefficient (Wildman–Crippen LogP) is 4.27. The first-order valence-corrected chi connectivity index (χ1v) is 14.2. The van der Waals surface area contributed by atoms with Crippen LogP contribution < -0.4 is 29.1 Å². The van der Waals surface area contributed by atoms with Crippen molar-refractivity contribution in [2.45, 2.75) is 19.6 Å². The van der Waals surface area contributed by atoms with Gasteiger partial charge in [-0.2, -0.15) is 0 Å². The molecular weight excluding hydrogens is 568 g/mol. The summed E-state index contributed by atoms with van der Waals surface area (Å²) in [6, 6.07) is 19.0. The summed E-state index contributed by atoms with van der Waals surface area (Å²) < 4.78 is 24.2. The highest BCUT2D eigenvalue weighted by Gasteiger charge is 2.34. The summed E-state index contributed by atoms with van der Waals surface area (Å²) in [5, 5.41) is 9.98. The number of aromatic nitrogens is 1. The van der Waals surface area contributed by atoms with Gasteiger partial charge in [0, 0.05) is 0 Å². The lowest BCUT2D eigenvalue weighted by molar-refractivity contribution is -0.138. The summed E-state index contributed by atoms with van der Waals surface area (Å²) >= 11 is 1.19. The molecule has 1 N–H and O–H groups in total. The Balaban J connectivity index is 1.62. The fourth-order valence-corrected chi connectivity index (χ4v) is 5.80. The number of benzene rings is 3. The van der Waals surface area contributed by atoms with Crippen LogP contribution >= 0.6 is 11.3 Å². The van der Waals surface area contributed by atoms with E-state index in [4.69, 9.17) is 18.9 Å². The normalized spacial score (nSPS) is 14.5. The number of hydrogen-bond donors (Lipinski definition) is 1. The minimum absolute atomic E-state index is 0.00498. The number of ether oxygens (including phenoxy) is 4. The van der Waals surface area contributed by atoms with E-state index in [-0.39, 0.29) is 29.2 Å². The smallest absolute Gasteiger partial charge is 0.338 e. The fraction of sp³-hybridized carbons (Fsp3) is 0.182. The average Bonchev–Trinajstić information content (AvgIpc) is 3.33. The number of hydrogen-bond acceptors (Lipinski definition) is 9.